The molecule has 0 bridgehead atoms. The van der Waals surface area contributed by atoms with Crippen LogP contribution in [0.3, 0.4) is 0 Å². The molecule has 0 fully saturated rings. The van der Waals surface area contributed by atoms with Crippen LogP contribution in [0.25, 0.3) is 0 Å². The fourth-order valence-corrected chi connectivity index (χ4v) is 4.76. The van der Waals surface area contributed by atoms with Gasteiger partial charge in [-0.25, -0.2) is 4.57 Å². The minimum absolute atomic E-state index is 1.19. The van der Waals surface area contributed by atoms with E-state index in [4.69, 9.17) is 0 Å². The van der Waals surface area contributed by atoms with Crippen LogP contribution in [0.5, 0.6) is 0 Å². The number of unbranched alkanes of at least 4 members (excludes halogenated alkanes) is 20. The summed E-state index contributed by atoms with van der Waals surface area (Å²) in [6.07, 6.45) is 37.3. The third kappa shape index (κ3) is 18.7. The Hall–Kier alpha value is -0.850. The maximum absolute atomic E-state index is 2.38. The summed E-state index contributed by atoms with van der Waals surface area (Å²) in [5.41, 5.74) is 1.52. The van der Waals surface area contributed by atoms with Gasteiger partial charge in [0.2, 0.25) is 0 Å². The summed E-state index contributed by atoms with van der Waals surface area (Å²) < 4.78 is 2.38. The second-order valence-electron chi connectivity index (χ2n) is 10.3. The van der Waals surface area contributed by atoms with Crippen LogP contribution in [-0.4, -0.2) is 0 Å². The van der Waals surface area contributed by atoms with Crippen LogP contribution in [-0.2, 0) is 13.0 Å². The second kappa shape index (κ2) is 23.3. The average molecular weight is 445 g/mol. The number of rotatable bonds is 24. The standard InChI is InChI=1S/C31H58N/c1-3-5-7-9-11-13-14-15-16-17-19-21-23-25-31-26-29-32(30-27-31)28-24-22-20-18-12-10-8-6-4-2/h26-27,29-30H,3-25,28H2,1-2H3/q+1. The lowest BCUT2D eigenvalue weighted by Gasteiger charge is -2.04. The molecule has 1 rings (SSSR count). The van der Waals surface area contributed by atoms with Crippen molar-refractivity contribution in [1.82, 2.24) is 0 Å². The van der Waals surface area contributed by atoms with Gasteiger partial charge in [-0.1, -0.05) is 136 Å². The summed E-state index contributed by atoms with van der Waals surface area (Å²) in [6.45, 7) is 5.79. The van der Waals surface area contributed by atoms with Gasteiger partial charge in [-0.3, -0.25) is 0 Å². The van der Waals surface area contributed by atoms with Crippen molar-refractivity contribution in [3.63, 3.8) is 0 Å². The lowest BCUT2D eigenvalue weighted by atomic mass is 10.0. The van der Waals surface area contributed by atoms with E-state index >= 15 is 0 Å². The first-order valence-electron chi connectivity index (χ1n) is 14.8. The molecule has 0 aromatic carbocycles. The molecular weight excluding hydrogens is 386 g/mol. The molecule has 1 nitrogen and oxygen atoms in total. The molecule has 1 aromatic heterocycles. The first-order valence-corrected chi connectivity index (χ1v) is 14.8. The zero-order chi connectivity index (χ0) is 23.0. The molecule has 0 aliphatic rings. The van der Waals surface area contributed by atoms with Crippen LogP contribution in [0, 0.1) is 0 Å². The summed E-state index contributed by atoms with van der Waals surface area (Å²) in [5.74, 6) is 0. The summed E-state index contributed by atoms with van der Waals surface area (Å²) in [5, 5.41) is 0. The molecule has 1 heterocycles. The second-order valence-corrected chi connectivity index (χ2v) is 10.3. The smallest absolute Gasteiger partial charge is 0.169 e. The van der Waals surface area contributed by atoms with E-state index in [0.29, 0.717) is 0 Å². The van der Waals surface area contributed by atoms with E-state index in [2.05, 4.69) is 42.9 Å². The van der Waals surface area contributed by atoms with Gasteiger partial charge in [0, 0.05) is 18.6 Å². The van der Waals surface area contributed by atoms with Gasteiger partial charge in [0.1, 0.15) is 6.54 Å². The number of aromatic nitrogens is 1. The van der Waals surface area contributed by atoms with E-state index in [1.807, 2.05) is 0 Å². The molecule has 32 heavy (non-hydrogen) atoms. The van der Waals surface area contributed by atoms with Crippen molar-refractivity contribution in [2.45, 2.75) is 168 Å². The first kappa shape index (κ1) is 29.2. The van der Waals surface area contributed by atoms with Gasteiger partial charge in [0.15, 0.2) is 12.4 Å². The van der Waals surface area contributed by atoms with Crippen LogP contribution < -0.4 is 4.57 Å². The topological polar surface area (TPSA) is 3.88 Å². The van der Waals surface area contributed by atoms with Crippen molar-refractivity contribution in [1.29, 1.82) is 0 Å². The van der Waals surface area contributed by atoms with Gasteiger partial charge in [0.05, 0.1) is 0 Å². The highest BCUT2D eigenvalue weighted by Crippen LogP contribution is 2.13. The van der Waals surface area contributed by atoms with E-state index in [1.165, 1.54) is 160 Å². The maximum Gasteiger partial charge on any atom is 0.169 e. The lowest BCUT2D eigenvalue weighted by molar-refractivity contribution is -0.697. The van der Waals surface area contributed by atoms with Crippen LogP contribution >= 0.6 is 0 Å². The molecule has 186 valence electrons. The molecule has 0 saturated carbocycles. The highest BCUT2D eigenvalue weighted by Gasteiger charge is 2.02. The van der Waals surface area contributed by atoms with Crippen molar-refractivity contribution in [2.24, 2.45) is 0 Å². The Bertz CT molecular complexity index is 478. The van der Waals surface area contributed by atoms with Crippen LogP contribution in [0.4, 0.5) is 0 Å². The molecule has 1 heteroatoms. The van der Waals surface area contributed by atoms with Gasteiger partial charge in [-0.2, -0.15) is 0 Å². The van der Waals surface area contributed by atoms with Crippen molar-refractivity contribution in [2.75, 3.05) is 0 Å². The lowest BCUT2D eigenvalue weighted by Crippen LogP contribution is -2.32. The Morgan fingerprint density at radius 1 is 0.438 bits per heavy atom. The Morgan fingerprint density at radius 2 is 0.781 bits per heavy atom. The minimum atomic E-state index is 1.19. The van der Waals surface area contributed by atoms with Crippen LogP contribution in [0.1, 0.15) is 161 Å². The SMILES string of the molecule is CCCCCCCCCCCCCCCc1cc[n+](CCCCCCCCCCC)cc1. The van der Waals surface area contributed by atoms with Gasteiger partial charge < -0.3 is 0 Å². The molecule has 0 aliphatic heterocycles. The molecule has 0 aliphatic carbocycles. The summed E-state index contributed by atoms with van der Waals surface area (Å²) >= 11 is 0. The van der Waals surface area contributed by atoms with Crippen molar-refractivity contribution >= 4 is 0 Å². The molecule has 0 N–H and O–H groups in total. The Morgan fingerprint density at radius 3 is 1.19 bits per heavy atom. The molecular formula is C31H58N+. The fraction of sp³-hybridized carbons (Fsp3) is 0.839. The Kier molecular flexibility index (Phi) is 21.3. The van der Waals surface area contributed by atoms with E-state index in [9.17, 15) is 0 Å². The summed E-state index contributed by atoms with van der Waals surface area (Å²) in [4.78, 5) is 0. The zero-order valence-electron chi connectivity index (χ0n) is 22.2. The molecule has 0 atom stereocenters. The van der Waals surface area contributed by atoms with Gasteiger partial charge in [-0.05, 0) is 24.8 Å². The molecule has 0 spiro atoms. The number of aryl methyl sites for hydroxylation is 2. The van der Waals surface area contributed by atoms with Gasteiger partial charge >= 0.3 is 0 Å². The van der Waals surface area contributed by atoms with Gasteiger partial charge in [-0.15, -0.1) is 0 Å². The van der Waals surface area contributed by atoms with E-state index in [0.717, 1.165) is 0 Å². The van der Waals surface area contributed by atoms with E-state index < -0.39 is 0 Å². The van der Waals surface area contributed by atoms with Crippen LogP contribution in [0.15, 0.2) is 24.5 Å². The quantitative estimate of drug-likeness (QED) is 0.110. The third-order valence-electron chi connectivity index (χ3n) is 7.05. The Balaban J connectivity index is 1.88. The number of hydrogen-bond acceptors (Lipinski definition) is 0. The van der Waals surface area contributed by atoms with Crippen molar-refractivity contribution in [3.05, 3.63) is 30.1 Å². The minimum Gasteiger partial charge on any atom is -0.205 e. The fourth-order valence-electron chi connectivity index (χ4n) is 4.76. The predicted molar refractivity (Wildman–Crippen MR) is 143 cm³/mol. The zero-order valence-corrected chi connectivity index (χ0v) is 22.2. The van der Waals surface area contributed by atoms with E-state index in [1.54, 1.807) is 0 Å². The van der Waals surface area contributed by atoms with Crippen LogP contribution in [0.2, 0.25) is 0 Å². The number of nitrogens with zero attached hydrogens (tertiary/aromatic N) is 1. The third-order valence-corrected chi connectivity index (χ3v) is 7.05. The Labute approximate surface area is 202 Å². The monoisotopic (exact) mass is 444 g/mol. The summed E-state index contributed by atoms with van der Waals surface area (Å²) in [7, 11) is 0. The molecule has 0 amide bonds. The molecule has 0 saturated heterocycles. The highest BCUT2D eigenvalue weighted by molar-refractivity contribution is 5.07. The molecule has 0 radical (unpaired) electrons. The number of hydrogen-bond donors (Lipinski definition) is 0. The average Bonchev–Trinajstić information content (AvgIpc) is 2.82. The van der Waals surface area contributed by atoms with E-state index in [-0.39, 0.29) is 0 Å². The maximum atomic E-state index is 2.38. The first-order chi connectivity index (χ1) is 15.9. The van der Waals surface area contributed by atoms with Crippen molar-refractivity contribution < 1.29 is 4.57 Å². The highest BCUT2D eigenvalue weighted by atomic mass is 14.9. The predicted octanol–water partition coefficient (Wildman–Crippen LogP) is 10.1. The summed E-state index contributed by atoms with van der Waals surface area (Å²) in [6, 6.07) is 4.71. The molecule has 0 unspecified atom stereocenters. The largest absolute Gasteiger partial charge is 0.205 e. The molecule has 1 aromatic rings. The van der Waals surface area contributed by atoms with Crippen molar-refractivity contribution in [3.8, 4) is 0 Å². The van der Waals surface area contributed by atoms with Gasteiger partial charge in [0.25, 0.3) is 0 Å². The number of pyridine rings is 1. The normalized spacial score (nSPS) is 11.3.